The molecule has 4 heterocycles. The monoisotopic (exact) mass is 508 g/mol. The van der Waals surface area contributed by atoms with E-state index in [0.717, 1.165) is 18.5 Å². The van der Waals surface area contributed by atoms with Crippen molar-refractivity contribution in [1.29, 1.82) is 0 Å². The number of amides is 1. The first-order valence-electron chi connectivity index (χ1n) is 10.5. The molecular weight excluding hydrogens is 492 g/mol. The van der Waals surface area contributed by atoms with Crippen LogP contribution in [0.15, 0.2) is 37.2 Å². The molecule has 0 unspecified atom stereocenters. The van der Waals surface area contributed by atoms with Crippen molar-refractivity contribution in [3.63, 3.8) is 0 Å². The maximum atomic E-state index is 15.0. The summed E-state index contributed by atoms with van der Waals surface area (Å²) in [5, 5.41) is 2.08. The van der Waals surface area contributed by atoms with Gasteiger partial charge in [0.25, 0.3) is 0 Å². The maximum absolute atomic E-state index is 15.0. The number of aromatic nitrogens is 3. The number of hydrogen-bond donors (Lipinski definition) is 1. The fraction of sp³-hybridized carbons (Fsp3) is 0.273. The summed E-state index contributed by atoms with van der Waals surface area (Å²) in [4.78, 5) is 28.1. The first kappa shape index (κ1) is 23.1. The van der Waals surface area contributed by atoms with Gasteiger partial charge in [-0.05, 0) is 24.6 Å². The number of anilines is 3. The second kappa shape index (κ2) is 8.84. The standard InChI is InChI=1S/C22H17ClF4N6O2/c1-2-16(34)32-7-11-5-10(32)8-33(11)21-12(24)6-14-19(31-21)20(29-9-28-14)30-13-3-4-15(35-22(26)27)17(23)18(13)25/h2-4,6,9-11,22H,1,5,7-8H2,(H,28,29,30)/t10-,11-/m0/s1. The van der Waals surface area contributed by atoms with E-state index in [1.165, 1.54) is 12.1 Å². The van der Waals surface area contributed by atoms with Crippen LogP contribution in [-0.2, 0) is 4.79 Å². The number of nitrogens with one attached hydrogen (secondary N) is 1. The zero-order valence-electron chi connectivity index (χ0n) is 17.9. The lowest BCUT2D eigenvalue weighted by Crippen LogP contribution is -2.48. The Kier molecular flexibility index (Phi) is 5.83. The zero-order chi connectivity index (χ0) is 24.9. The normalized spacial score (nSPS) is 19.0. The summed E-state index contributed by atoms with van der Waals surface area (Å²) >= 11 is 5.83. The van der Waals surface area contributed by atoms with E-state index >= 15 is 4.39 Å². The Morgan fingerprint density at radius 3 is 2.74 bits per heavy atom. The molecule has 2 bridgehead atoms. The van der Waals surface area contributed by atoms with Crippen molar-refractivity contribution in [2.24, 2.45) is 0 Å². The molecule has 1 amide bonds. The molecule has 8 nitrogen and oxygen atoms in total. The number of hydrogen-bond acceptors (Lipinski definition) is 7. The van der Waals surface area contributed by atoms with Gasteiger partial charge in [-0.1, -0.05) is 18.2 Å². The number of carbonyl (C=O) groups excluding carboxylic acids is 1. The molecule has 2 atom stereocenters. The molecule has 1 aromatic carbocycles. The molecule has 2 aliphatic rings. The molecule has 0 spiro atoms. The summed E-state index contributed by atoms with van der Waals surface area (Å²) in [6, 6.07) is 3.23. The first-order chi connectivity index (χ1) is 16.8. The average molecular weight is 509 g/mol. The van der Waals surface area contributed by atoms with Crippen molar-refractivity contribution in [1.82, 2.24) is 19.9 Å². The van der Waals surface area contributed by atoms with Gasteiger partial charge in [0.15, 0.2) is 23.3 Å². The lowest BCUT2D eigenvalue weighted by Gasteiger charge is -2.34. The highest BCUT2D eigenvalue weighted by Gasteiger charge is 2.46. The molecule has 2 aromatic heterocycles. The van der Waals surface area contributed by atoms with Gasteiger partial charge in [-0.15, -0.1) is 0 Å². The summed E-state index contributed by atoms with van der Waals surface area (Å²) in [5.74, 6) is -2.21. The van der Waals surface area contributed by atoms with Crippen LogP contribution in [0.3, 0.4) is 0 Å². The molecule has 0 radical (unpaired) electrons. The molecule has 2 fully saturated rings. The molecule has 35 heavy (non-hydrogen) atoms. The van der Waals surface area contributed by atoms with E-state index in [1.54, 1.807) is 9.80 Å². The third-order valence-corrected chi connectivity index (χ3v) is 6.38. The van der Waals surface area contributed by atoms with Crippen molar-refractivity contribution < 1.29 is 27.1 Å². The smallest absolute Gasteiger partial charge is 0.387 e. The number of halogens is 5. The topological polar surface area (TPSA) is 83.5 Å². The lowest BCUT2D eigenvalue weighted by molar-refractivity contribution is -0.127. The van der Waals surface area contributed by atoms with E-state index < -0.39 is 29.0 Å². The van der Waals surface area contributed by atoms with E-state index in [9.17, 15) is 18.0 Å². The number of benzene rings is 1. The number of alkyl halides is 2. The second-order valence-electron chi connectivity index (χ2n) is 8.02. The van der Waals surface area contributed by atoms with Crippen molar-refractivity contribution >= 4 is 45.9 Å². The van der Waals surface area contributed by atoms with E-state index in [2.05, 4.69) is 31.6 Å². The van der Waals surface area contributed by atoms with Crippen LogP contribution < -0.4 is 15.0 Å². The van der Waals surface area contributed by atoms with E-state index in [0.29, 0.717) is 19.5 Å². The lowest BCUT2D eigenvalue weighted by atomic mass is 10.2. The highest BCUT2D eigenvalue weighted by Crippen LogP contribution is 2.38. The minimum absolute atomic E-state index is 0.0570. The fourth-order valence-corrected chi connectivity index (χ4v) is 4.71. The maximum Gasteiger partial charge on any atom is 0.387 e. The minimum Gasteiger partial charge on any atom is -0.433 e. The van der Waals surface area contributed by atoms with Gasteiger partial charge in [-0.3, -0.25) is 4.79 Å². The molecule has 5 rings (SSSR count). The van der Waals surface area contributed by atoms with E-state index in [-0.39, 0.29) is 46.3 Å². The van der Waals surface area contributed by atoms with E-state index in [4.69, 9.17) is 11.6 Å². The van der Waals surface area contributed by atoms with Gasteiger partial charge in [-0.25, -0.2) is 23.7 Å². The van der Waals surface area contributed by atoms with Crippen LogP contribution in [0, 0.1) is 11.6 Å². The Labute approximate surface area is 201 Å². The van der Waals surface area contributed by atoms with Gasteiger partial charge in [0.1, 0.15) is 22.6 Å². The Hall–Kier alpha value is -3.67. The van der Waals surface area contributed by atoms with Crippen LogP contribution in [0.4, 0.5) is 34.9 Å². The fourth-order valence-electron chi connectivity index (χ4n) is 4.50. The van der Waals surface area contributed by atoms with Crippen molar-refractivity contribution in [3.8, 4) is 5.75 Å². The van der Waals surface area contributed by atoms with Gasteiger partial charge < -0.3 is 19.9 Å². The summed E-state index contributed by atoms with van der Waals surface area (Å²) < 4.78 is 58.9. The quantitative estimate of drug-likeness (QED) is 0.393. The predicted molar refractivity (Wildman–Crippen MR) is 120 cm³/mol. The first-order valence-corrected chi connectivity index (χ1v) is 10.9. The SMILES string of the molecule is C=CC(=O)N1C[C@@H]2C[C@H]1CN2c1nc2c(Nc3ccc(OC(F)F)c(Cl)c3F)ncnc2cc1F. The number of likely N-dealkylation sites (tertiary alicyclic amines) is 1. The van der Waals surface area contributed by atoms with Gasteiger partial charge in [0.2, 0.25) is 5.91 Å². The molecule has 1 N–H and O–H groups in total. The summed E-state index contributed by atoms with van der Waals surface area (Å²) in [5.41, 5.74) is 0.151. The van der Waals surface area contributed by atoms with Crippen LogP contribution in [0.2, 0.25) is 5.02 Å². The molecular formula is C22H17ClF4N6O2. The van der Waals surface area contributed by atoms with Crippen LogP contribution in [-0.4, -0.2) is 57.5 Å². The van der Waals surface area contributed by atoms with Crippen LogP contribution in [0.1, 0.15) is 6.42 Å². The molecule has 3 aromatic rings. The van der Waals surface area contributed by atoms with Gasteiger partial charge in [-0.2, -0.15) is 8.78 Å². The van der Waals surface area contributed by atoms with E-state index in [1.807, 2.05) is 0 Å². The number of ether oxygens (including phenoxy) is 1. The van der Waals surface area contributed by atoms with Crippen LogP contribution in [0.5, 0.6) is 5.75 Å². The second-order valence-corrected chi connectivity index (χ2v) is 8.39. The van der Waals surface area contributed by atoms with Crippen LogP contribution >= 0.6 is 11.6 Å². The van der Waals surface area contributed by atoms with Gasteiger partial charge >= 0.3 is 6.61 Å². The Morgan fingerprint density at radius 1 is 1.26 bits per heavy atom. The largest absolute Gasteiger partial charge is 0.433 e. The number of nitrogens with zero attached hydrogens (tertiary/aromatic N) is 5. The Morgan fingerprint density at radius 2 is 2.06 bits per heavy atom. The Bertz CT molecular complexity index is 1340. The molecule has 2 aliphatic heterocycles. The third-order valence-electron chi connectivity index (χ3n) is 6.03. The highest BCUT2D eigenvalue weighted by molar-refractivity contribution is 6.32. The minimum atomic E-state index is -3.17. The summed E-state index contributed by atoms with van der Waals surface area (Å²) in [6.07, 6.45) is 3.08. The third kappa shape index (κ3) is 4.07. The summed E-state index contributed by atoms with van der Waals surface area (Å²) in [7, 11) is 0. The van der Waals surface area contributed by atoms with Crippen molar-refractivity contribution in [2.45, 2.75) is 25.1 Å². The highest BCUT2D eigenvalue weighted by atomic mass is 35.5. The zero-order valence-corrected chi connectivity index (χ0v) is 18.6. The van der Waals surface area contributed by atoms with Gasteiger partial charge in [0.05, 0.1) is 23.3 Å². The number of piperazine rings is 1. The molecule has 0 aliphatic carbocycles. The number of rotatable bonds is 6. The molecule has 2 saturated heterocycles. The summed E-state index contributed by atoms with van der Waals surface area (Å²) in [6.45, 7) is 1.16. The Balaban J connectivity index is 1.47. The van der Waals surface area contributed by atoms with Crippen LogP contribution in [0.25, 0.3) is 11.0 Å². The molecule has 0 saturated carbocycles. The number of carbonyl (C=O) groups is 1. The average Bonchev–Trinajstić information content (AvgIpc) is 3.44. The number of fused-ring (bicyclic) bond motifs is 3. The van der Waals surface area contributed by atoms with Gasteiger partial charge in [0, 0.05) is 19.2 Å². The predicted octanol–water partition coefficient (Wildman–Crippen LogP) is 4.28. The van der Waals surface area contributed by atoms with Crippen molar-refractivity contribution in [2.75, 3.05) is 23.3 Å². The molecule has 13 heteroatoms. The number of pyridine rings is 1. The van der Waals surface area contributed by atoms with Crippen molar-refractivity contribution in [3.05, 3.63) is 53.8 Å². The molecule has 182 valence electrons.